The summed E-state index contributed by atoms with van der Waals surface area (Å²) in [5, 5.41) is 14.1. The lowest BCUT2D eigenvalue weighted by Gasteiger charge is -2.22. The Labute approximate surface area is 164 Å². The third kappa shape index (κ3) is 4.19. The summed E-state index contributed by atoms with van der Waals surface area (Å²) in [5.41, 5.74) is 0.971. The normalized spacial score (nSPS) is 15.1. The van der Waals surface area contributed by atoms with Crippen molar-refractivity contribution in [3.8, 4) is 10.7 Å². The number of rotatable bonds is 5. The number of carbonyl (C=O) groups excluding carboxylic acids is 2. The van der Waals surface area contributed by atoms with E-state index in [0.29, 0.717) is 18.8 Å². The zero-order valence-corrected chi connectivity index (χ0v) is 16.4. The Balaban J connectivity index is 1.31. The molecule has 3 heterocycles. The number of nitrogens with zero attached hydrogens (tertiary/aromatic N) is 3. The van der Waals surface area contributed by atoms with Crippen molar-refractivity contribution in [3.63, 3.8) is 0 Å². The lowest BCUT2D eigenvalue weighted by Crippen LogP contribution is -2.45. The first-order chi connectivity index (χ1) is 13.2. The van der Waals surface area contributed by atoms with Crippen LogP contribution < -0.4 is 10.6 Å². The molecule has 0 bridgehead atoms. The van der Waals surface area contributed by atoms with Gasteiger partial charge in [-0.05, 0) is 24.3 Å². The van der Waals surface area contributed by atoms with Crippen molar-refractivity contribution in [2.45, 2.75) is 44.6 Å². The standard InChI is InChI=1S/C18H21N5O2S2/c24-16(17(25)20-12-5-2-1-3-6-12)19-9-8-13-11-27-18-21-15(22-23(13)18)14-7-4-10-26-14/h4,7,10-12H,1-3,5-6,8-9H2,(H,19,24)(H,20,25). The molecule has 0 aromatic carbocycles. The van der Waals surface area contributed by atoms with Gasteiger partial charge >= 0.3 is 11.8 Å². The Morgan fingerprint density at radius 3 is 2.81 bits per heavy atom. The van der Waals surface area contributed by atoms with Gasteiger partial charge in [0.25, 0.3) is 0 Å². The van der Waals surface area contributed by atoms with Gasteiger partial charge in [-0.25, -0.2) is 4.52 Å². The quantitative estimate of drug-likeness (QED) is 0.641. The molecule has 1 aliphatic rings. The van der Waals surface area contributed by atoms with Gasteiger partial charge in [-0.15, -0.1) is 27.8 Å². The maximum absolute atomic E-state index is 12.0. The zero-order chi connectivity index (χ0) is 18.6. The Hall–Kier alpha value is -2.26. The molecule has 9 heteroatoms. The molecule has 0 saturated heterocycles. The number of aromatic nitrogens is 3. The topological polar surface area (TPSA) is 88.4 Å². The minimum atomic E-state index is -0.565. The second-order valence-electron chi connectivity index (χ2n) is 6.65. The largest absolute Gasteiger partial charge is 0.347 e. The van der Waals surface area contributed by atoms with E-state index in [9.17, 15) is 9.59 Å². The van der Waals surface area contributed by atoms with Crippen molar-refractivity contribution in [2.75, 3.05) is 6.54 Å². The molecule has 3 aromatic heterocycles. The lowest BCUT2D eigenvalue weighted by atomic mass is 9.95. The van der Waals surface area contributed by atoms with E-state index in [1.807, 2.05) is 27.4 Å². The van der Waals surface area contributed by atoms with Crippen LogP contribution in [0.25, 0.3) is 15.7 Å². The second-order valence-corrected chi connectivity index (χ2v) is 8.43. The van der Waals surface area contributed by atoms with Gasteiger partial charge in [0.2, 0.25) is 4.96 Å². The van der Waals surface area contributed by atoms with E-state index in [-0.39, 0.29) is 6.04 Å². The molecule has 1 saturated carbocycles. The molecule has 7 nitrogen and oxygen atoms in total. The third-order valence-electron chi connectivity index (χ3n) is 4.70. The molecule has 0 atom stereocenters. The summed E-state index contributed by atoms with van der Waals surface area (Å²) in [7, 11) is 0. The average molecular weight is 404 g/mol. The molecule has 0 unspecified atom stereocenters. The van der Waals surface area contributed by atoms with Crippen molar-refractivity contribution in [2.24, 2.45) is 0 Å². The number of nitrogens with one attached hydrogen (secondary N) is 2. The molecule has 142 valence electrons. The fraction of sp³-hybridized carbons (Fsp3) is 0.444. The van der Waals surface area contributed by atoms with E-state index in [1.54, 1.807) is 11.3 Å². The molecule has 2 N–H and O–H groups in total. The molecular formula is C18H21N5O2S2. The second kappa shape index (κ2) is 8.18. The molecule has 0 radical (unpaired) electrons. The predicted octanol–water partition coefficient (Wildman–Crippen LogP) is 2.63. The summed E-state index contributed by atoms with van der Waals surface area (Å²) in [4.78, 5) is 30.4. The highest BCUT2D eigenvalue weighted by atomic mass is 32.1. The first-order valence-corrected chi connectivity index (χ1v) is 10.9. The maximum atomic E-state index is 12.0. The van der Waals surface area contributed by atoms with Gasteiger partial charge < -0.3 is 10.6 Å². The van der Waals surface area contributed by atoms with Crippen LogP contribution >= 0.6 is 22.7 Å². The highest BCUT2D eigenvalue weighted by molar-refractivity contribution is 7.15. The van der Waals surface area contributed by atoms with Crippen molar-refractivity contribution in [3.05, 3.63) is 28.6 Å². The van der Waals surface area contributed by atoms with Gasteiger partial charge in [0.1, 0.15) is 0 Å². The number of thiazole rings is 1. The van der Waals surface area contributed by atoms with E-state index < -0.39 is 11.8 Å². The van der Waals surface area contributed by atoms with Gasteiger partial charge in [0, 0.05) is 24.4 Å². The smallest absolute Gasteiger partial charge is 0.309 e. The van der Waals surface area contributed by atoms with E-state index in [2.05, 4.69) is 20.7 Å². The number of hydrogen-bond donors (Lipinski definition) is 2. The van der Waals surface area contributed by atoms with E-state index in [1.165, 1.54) is 17.8 Å². The highest BCUT2D eigenvalue weighted by Gasteiger charge is 2.20. The zero-order valence-electron chi connectivity index (χ0n) is 14.8. The number of hydrogen-bond acceptors (Lipinski definition) is 6. The number of thiophene rings is 1. The van der Waals surface area contributed by atoms with Gasteiger partial charge in [-0.2, -0.15) is 4.98 Å². The first kappa shape index (κ1) is 18.1. The van der Waals surface area contributed by atoms with Crippen LogP contribution in [-0.4, -0.2) is 39.0 Å². The lowest BCUT2D eigenvalue weighted by molar-refractivity contribution is -0.139. The first-order valence-electron chi connectivity index (χ1n) is 9.16. The SMILES string of the molecule is O=C(NCCc1csc2nc(-c3cccs3)nn12)C(=O)NC1CCCCC1. The van der Waals surface area contributed by atoms with E-state index in [0.717, 1.165) is 41.2 Å². The van der Waals surface area contributed by atoms with E-state index >= 15 is 0 Å². The number of fused-ring (bicyclic) bond motifs is 1. The Morgan fingerprint density at radius 1 is 1.19 bits per heavy atom. The van der Waals surface area contributed by atoms with Crippen LogP contribution in [0.5, 0.6) is 0 Å². The molecule has 2 amide bonds. The average Bonchev–Trinajstić information content (AvgIpc) is 3.40. The summed E-state index contributed by atoms with van der Waals surface area (Å²) >= 11 is 3.13. The van der Waals surface area contributed by atoms with Crippen LogP contribution in [0.3, 0.4) is 0 Å². The van der Waals surface area contributed by atoms with E-state index in [4.69, 9.17) is 0 Å². The molecule has 1 aliphatic carbocycles. The van der Waals surface area contributed by atoms with Crippen LogP contribution in [0, 0.1) is 0 Å². The van der Waals surface area contributed by atoms with Gasteiger partial charge in [0.05, 0.1) is 10.6 Å². The number of amides is 2. The molecule has 0 spiro atoms. The minimum Gasteiger partial charge on any atom is -0.347 e. The van der Waals surface area contributed by atoms with Gasteiger partial charge in [-0.1, -0.05) is 25.3 Å². The number of carbonyl (C=O) groups is 2. The summed E-state index contributed by atoms with van der Waals surface area (Å²) < 4.78 is 1.81. The molecular weight excluding hydrogens is 382 g/mol. The fourth-order valence-corrected chi connectivity index (χ4v) is 4.80. The molecule has 0 aliphatic heterocycles. The molecule has 4 rings (SSSR count). The monoisotopic (exact) mass is 403 g/mol. The van der Waals surface area contributed by atoms with Gasteiger partial charge in [-0.3, -0.25) is 9.59 Å². The third-order valence-corrected chi connectivity index (χ3v) is 6.44. The van der Waals surface area contributed by atoms with Crippen LogP contribution in [-0.2, 0) is 16.0 Å². The molecule has 3 aromatic rings. The summed E-state index contributed by atoms with van der Waals surface area (Å²) in [6.45, 7) is 0.386. The fourth-order valence-electron chi connectivity index (χ4n) is 3.29. The Morgan fingerprint density at radius 2 is 2.04 bits per heavy atom. The Kier molecular flexibility index (Phi) is 5.49. The van der Waals surface area contributed by atoms with Crippen molar-refractivity contribution in [1.82, 2.24) is 25.2 Å². The minimum absolute atomic E-state index is 0.138. The molecule has 1 fully saturated rings. The highest BCUT2D eigenvalue weighted by Crippen LogP contribution is 2.24. The summed E-state index contributed by atoms with van der Waals surface area (Å²) in [6, 6.07) is 4.11. The molecule has 27 heavy (non-hydrogen) atoms. The van der Waals surface area contributed by atoms with Crippen molar-refractivity contribution < 1.29 is 9.59 Å². The van der Waals surface area contributed by atoms with Gasteiger partial charge in [0.15, 0.2) is 5.82 Å². The van der Waals surface area contributed by atoms with Crippen LogP contribution in [0.4, 0.5) is 0 Å². The summed E-state index contributed by atoms with van der Waals surface area (Å²) in [6.07, 6.45) is 5.97. The van der Waals surface area contributed by atoms with Crippen LogP contribution in [0.15, 0.2) is 22.9 Å². The Bertz CT molecular complexity index is 925. The maximum Gasteiger partial charge on any atom is 0.309 e. The van der Waals surface area contributed by atoms with Crippen LogP contribution in [0.2, 0.25) is 0 Å². The summed E-state index contributed by atoms with van der Waals surface area (Å²) in [5.74, 6) is -0.378. The van der Waals surface area contributed by atoms with Crippen molar-refractivity contribution >= 4 is 39.4 Å². The van der Waals surface area contributed by atoms with Crippen LogP contribution in [0.1, 0.15) is 37.8 Å². The van der Waals surface area contributed by atoms with Crippen molar-refractivity contribution in [1.29, 1.82) is 0 Å². The predicted molar refractivity (Wildman–Crippen MR) is 106 cm³/mol.